The largest absolute Gasteiger partial charge is 0.516 e. The van der Waals surface area contributed by atoms with Gasteiger partial charge >= 0.3 is 8.64 Å². The van der Waals surface area contributed by atoms with Crippen LogP contribution in [0.1, 0.15) is 5.56 Å². The van der Waals surface area contributed by atoms with Crippen molar-refractivity contribution in [3.05, 3.63) is 66.2 Å². The molecule has 0 saturated carbocycles. The van der Waals surface area contributed by atoms with Crippen LogP contribution in [0.3, 0.4) is 0 Å². The lowest BCUT2D eigenvalue weighted by atomic mass is 10.1. The van der Waals surface area contributed by atoms with E-state index in [-0.39, 0.29) is 10.8 Å². The van der Waals surface area contributed by atoms with Gasteiger partial charge in [0.15, 0.2) is 0 Å². The smallest absolute Gasteiger partial charge is 0.328 e. The van der Waals surface area contributed by atoms with Crippen LogP contribution in [0.4, 0.5) is 0 Å². The zero-order chi connectivity index (χ0) is 19.6. The van der Waals surface area contributed by atoms with Gasteiger partial charge in [-0.2, -0.15) is 9.32 Å². The molecule has 2 aromatic rings. The monoisotopic (exact) mass is 378 g/mol. The maximum absolute atomic E-state index is 11.1. The first-order valence-electron chi connectivity index (χ1n) is 7.33. The Morgan fingerprint density at radius 2 is 1.19 bits per heavy atom. The quantitative estimate of drug-likeness (QED) is 0.385. The molecule has 0 amide bonds. The molecule has 0 bridgehead atoms. The van der Waals surface area contributed by atoms with Crippen molar-refractivity contribution in [2.45, 2.75) is 5.85 Å². The molecule has 132 valence electrons. The summed E-state index contributed by atoms with van der Waals surface area (Å²) >= 11 is 0. The van der Waals surface area contributed by atoms with Crippen LogP contribution in [0.25, 0.3) is 0 Å². The Labute approximate surface area is 153 Å². The van der Waals surface area contributed by atoms with Gasteiger partial charge in [0.1, 0.15) is 0 Å². The van der Waals surface area contributed by atoms with E-state index in [0.717, 1.165) is 0 Å². The number of rotatable bonds is 8. The third-order valence-corrected chi connectivity index (χ3v) is 5.82. The first-order valence-corrected chi connectivity index (χ1v) is 9.14. The van der Waals surface area contributed by atoms with E-state index < -0.39 is 14.5 Å². The molecule has 0 radical (unpaired) electrons. The fraction of sp³-hybridized carbons (Fsp3) is 0.0588. The molecule has 27 heavy (non-hydrogen) atoms. The summed E-state index contributed by atoms with van der Waals surface area (Å²) in [6.07, 6.45) is 5.16. The summed E-state index contributed by atoms with van der Waals surface area (Å²) in [5.74, 6) is -2.30. The molecule has 2 rings (SSSR count). The number of hydrogen-bond acceptors (Lipinski definition) is 9. The van der Waals surface area contributed by atoms with Crippen LogP contribution in [0.2, 0.25) is 0 Å². The zero-order valence-corrected chi connectivity index (χ0v) is 14.6. The number of benzene rings is 2. The topological polar surface area (TPSA) is 127 Å². The molecule has 2 aromatic carbocycles. The van der Waals surface area contributed by atoms with Crippen molar-refractivity contribution in [1.29, 1.82) is 0 Å². The molecule has 0 aliphatic heterocycles. The van der Waals surface area contributed by atoms with Crippen LogP contribution >= 0.6 is 0 Å². The lowest BCUT2D eigenvalue weighted by Crippen LogP contribution is -2.53. The molecule has 0 atom stereocenters. The molecular weight excluding hydrogens is 368 g/mol. The average Bonchev–Trinajstić information content (AvgIpc) is 2.70. The fourth-order valence-electron chi connectivity index (χ4n) is 2.27. The number of isocyanates is 4. The van der Waals surface area contributed by atoms with E-state index in [4.69, 9.17) is 4.43 Å². The van der Waals surface area contributed by atoms with E-state index in [2.05, 4.69) is 19.3 Å². The molecule has 0 aliphatic carbocycles. The Morgan fingerprint density at radius 1 is 0.704 bits per heavy atom. The van der Waals surface area contributed by atoms with Crippen molar-refractivity contribution >= 4 is 38.1 Å². The molecule has 9 nitrogen and oxygen atoms in total. The minimum absolute atomic E-state index is 0.131. The van der Waals surface area contributed by atoms with Crippen molar-refractivity contribution in [1.82, 2.24) is 0 Å². The Bertz CT molecular complexity index is 871. The maximum atomic E-state index is 11.1. The second kappa shape index (κ2) is 9.01. The molecule has 0 heterocycles. The van der Waals surface area contributed by atoms with Crippen molar-refractivity contribution in [2.24, 2.45) is 19.3 Å². The van der Waals surface area contributed by atoms with Gasteiger partial charge in [-0.1, -0.05) is 60.7 Å². The van der Waals surface area contributed by atoms with E-state index in [1.54, 1.807) is 36.4 Å². The summed E-state index contributed by atoms with van der Waals surface area (Å²) in [4.78, 5) is 51.2. The molecule has 10 heteroatoms. The highest BCUT2D eigenvalue weighted by Crippen LogP contribution is 2.32. The van der Waals surface area contributed by atoms with Crippen LogP contribution < -0.4 is 5.19 Å². The third kappa shape index (κ3) is 4.22. The number of hydrogen-bond donors (Lipinski definition) is 0. The van der Waals surface area contributed by atoms with Gasteiger partial charge < -0.3 is 4.43 Å². The molecule has 0 N–H and O–H groups in total. The molecule has 0 spiro atoms. The van der Waals surface area contributed by atoms with Gasteiger partial charge in [0.25, 0.3) is 5.85 Å². The van der Waals surface area contributed by atoms with Gasteiger partial charge in [-0.25, -0.2) is 19.2 Å². The summed E-state index contributed by atoms with van der Waals surface area (Å²) in [5.41, 5.74) is 0.131. The maximum Gasteiger partial charge on any atom is 0.516 e. The average molecular weight is 378 g/mol. The first-order chi connectivity index (χ1) is 13.2. The number of aliphatic imine (C=N–C) groups is 2. The standard InChI is InChI=1S/C17H10N4O5Si/c22-11-18-17(19-12-23,15-7-3-1-4-8-15)26-27(20-13-24,21-14-25)16-9-5-2-6-10-16/h1-10H. The molecular formula is C17H10N4O5Si. The van der Waals surface area contributed by atoms with Crippen LogP contribution in [0, 0.1) is 0 Å². The number of nitrogens with zero attached hydrogens (tertiary/aromatic N) is 4. The van der Waals surface area contributed by atoms with Crippen molar-refractivity contribution in [2.75, 3.05) is 0 Å². The van der Waals surface area contributed by atoms with Crippen LogP contribution in [0.15, 0.2) is 80.0 Å². The summed E-state index contributed by atoms with van der Waals surface area (Å²) < 4.78 is 13.0. The van der Waals surface area contributed by atoms with Gasteiger partial charge in [-0.15, -0.1) is 9.98 Å². The Balaban J connectivity index is 2.81. The molecule has 0 unspecified atom stereocenters. The second-order valence-corrected chi connectivity index (χ2v) is 7.31. The number of carbonyl (C=O) groups excluding carboxylic acids is 4. The highest BCUT2D eigenvalue weighted by Gasteiger charge is 2.50. The minimum Gasteiger partial charge on any atom is -0.328 e. The lowest BCUT2D eigenvalue weighted by Gasteiger charge is -2.29. The summed E-state index contributed by atoms with van der Waals surface area (Å²) in [7, 11) is -4.21. The second-order valence-electron chi connectivity index (χ2n) is 4.86. The van der Waals surface area contributed by atoms with Gasteiger partial charge in [0, 0.05) is 10.8 Å². The predicted molar refractivity (Wildman–Crippen MR) is 93.5 cm³/mol. The van der Waals surface area contributed by atoms with Gasteiger partial charge in [-0.3, -0.25) is 0 Å². The van der Waals surface area contributed by atoms with Crippen LogP contribution in [0.5, 0.6) is 0 Å². The van der Waals surface area contributed by atoms with E-state index in [9.17, 15) is 19.2 Å². The summed E-state index contributed by atoms with van der Waals surface area (Å²) in [6.45, 7) is 0. The lowest BCUT2D eigenvalue weighted by molar-refractivity contribution is 0.0769. The van der Waals surface area contributed by atoms with Crippen LogP contribution in [-0.2, 0) is 29.5 Å². The highest BCUT2D eigenvalue weighted by atomic mass is 28.4. The Kier molecular flexibility index (Phi) is 6.49. The normalized spacial score (nSPS) is 13.9. The molecule has 0 fully saturated rings. The van der Waals surface area contributed by atoms with Gasteiger partial charge in [-0.05, 0) is 0 Å². The van der Waals surface area contributed by atoms with Gasteiger partial charge in [0.2, 0.25) is 24.3 Å². The molecule has 0 saturated heterocycles. The van der Waals surface area contributed by atoms with Crippen molar-refractivity contribution in [3.63, 3.8) is 0 Å². The highest BCUT2D eigenvalue weighted by molar-refractivity contribution is 6.84. The SMILES string of the molecule is O=C=NC(N=C=O)(O[Si](N=C=O)(N=C=O)c1ccccc1)c1ccccc1. The molecule has 0 aromatic heterocycles. The van der Waals surface area contributed by atoms with E-state index in [1.165, 1.54) is 48.6 Å². The Morgan fingerprint density at radius 3 is 1.63 bits per heavy atom. The summed E-state index contributed by atoms with van der Waals surface area (Å²) in [5, 5.41) is 0.235. The van der Waals surface area contributed by atoms with E-state index in [1.807, 2.05) is 0 Å². The minimum atomic E-state index is -4.21. The van der Waals surface area contributed by atoms with Crippen molar-refractivity contribution in [3.8, 4) is 0 Å². The van der Waals surface area contributed by atoms with Crippen molar-refractivity contribution < 1.29 is 23.6 Å². The third-order valence-electron chi connectivity index (χ3n) is 3.37. The van der Waals surface area contributed by atoms with E-state index in [0.29, 0.717) is 0 Å². The van der Waals surface area contributed by atoms with Crippen LogP contribution in [-0.4, -0.2) is 33.0 Å². The zero-order valence-electron chi connectivity index (χ0n) is 13.6. The summed E-state index contributed by atoms with van der Waals surface area (Å²) in [6, 6.07) is 15.6. The fourth-order valence-corrected chi connectivity index (χ4v) is 4.27. The Hall–Kier alpha value is -3.86. The first kappa shape index (κ1) is 19.5. The molecule has 0 aliphatic rings. The predicted octanol–water partition coefficient (Wildman–Crippen LogP) is 1.00. The van der Waals surface area contributed by atoms with E-state index >= 15 is 0 Å². The van der Waals surface area contributed by atoms with Gasteiger partial charge in [0.05, 0.1) is 0 Å².